The molecular formula is C21H26F2N2O3. The standard InChI is InChI=1S/C17H18F2N2O2.C4H8O/c18-17(19)23-14-7-6-11-8-12(10-20-15(11)9-14)16(22)21-13-4-2-1-3-5-13;5-3-4-1-2-4/h6-10,13,17H,1-5H2,(H,21,22);4-5H,1-3H2. The van der Waals surface area contributed by atoms with E-state index in [0.717, 1.165) is 25.7 Å². The van der Waals surface area contributed by atoms with Gasteiger partial charge in [0, 0.05) is 30.3 Å². The van der Waals surface area contributed by atoms with Gasteiger partial charge in [0.15, 0.2) is 0 Å². The van der Waals surface area contributed by atoms with Gasteiger partial charge in [-0.15, -0.1) is 0 Å². The van der Waals surface area contributed by atoms with Gasteiger partial charge in [0.05, 0.1) is 11.1 Å². The number of halogens is 2. The fourth-order valence-electron chi connectivity index (χ4n) is 3.22. The Morgan fingerprint density at radius 3 is 2.54 bits per heavy atom. The van der Waals surface area contributed by atoms with Crippen molar-refractivity contribution in [2.24, 2.45) is 5.92 Å². The van der Waals surface area contributed by atoms with Crippen LogP contribution in [0.3, 0.4) is 0 Å². The normalized spacial score (nSPS) is 17.1. The molecule has 0 saturated heterocycles. The van der Waals surface area contributed by atoms with E-state index in [2.05, 4.69) is 15.0 Å². The third kappa shape index (κ3) is 6.12. The Morgan fingerprint density at radius 1 is 1.18 bits per heavy atom. The highest BCUT2D eigenvalue weighted by atomic mass is 19.3. The lowest BCUT2D eigenvalue weighted by atomic mass is 9.95. The van der Waals surface area contributed by atoms with E-state index in [9.17, 15) is 13.6 Å². The molecule has 2 aliphatic rings. The summed E-state index contributed by atoms with van der Waals surface area (Å²) in [5.74, 6) is 0.605. The molecule has 1 aromatic heterocycles. The maximum Gasteiger partial charge on any atom is 0.387 e. The second-order valence-electron chi connectivity index (χ2n) is 7.39. The van der Waals surface area contributed by atoms with Crippen molar-refractivity contribution < 1.29 is 23.4 Å². The second-order valence-corrected chi connectivity index (χ2v) is 7.39. The Kier molecular flexibility index (Phi) is 7.14. The van der Waals surface area contributed by atoms with E-state index in [1.54, 1.807) is 12.1 Å². The van der Waals surface area contributed by atoms with E-state index >= 15 is 0 Å². The zero-order chi connectivity index (χ0) is 19.9. The highest BCUT2D eigenvalue weighted by molar-refractivity contribution is 5.97. The summed E-state index contributed by atoms with van der Waals surface area (Å²) < 4.78 is 28.8. The lowest BCUT2D eigenvalue weighted by Gasteiger charge is -2.22. The summed E-state index contributed by atoms with van der Waals surface area (Å²) in [6.45, 7) is -2.45. The number of rotatable bonds is 5. The van der Waals surface area contributed by atoms with E-state index in [1.165, 1.54) is 37.6 Å². The zero-order valence-electron chi connectivity index (χ0n) is 15.7. The molecule has 0 radical (unpaired) electrons. The summed E-state index contributed by atoms with van der Waals surface area (Å²) in [6.07, 6.45) is 9.54. The summed E-state index contributed by atoms with van der Waals surface area (Å²) in [5.41, 5.74) is 0.989. The smallest absolute Gasteiger partial charge is 0.387 e. The minimum Gasteiger partial charge on any atom is -0.435 e. The molecule has 1 amide bonds. The number of nitrogens with zero attached hydrogens (tertiary/aromatic N) is 1. The van der Waals surface area contributed by atoms with Gasteiger partial charge in [-0.1, -0.05) is 19.3 Å². The minimum absolute atomic E-state index is 0.0550. The van der Waals surface area contributed by atoms with Gasteiger partial charge in [-0.05, 0) is 49.8 Å². The van der Waals surface area contributed by atoms with Crippen molar-refractivity contribution in [3.05, 3.63) is 36.0 Å². The largest absolute Gasteiger partial charge is 0.435 e. The molecule has 152 valence electrons. The Hall–Kier alpha value is -2.28. The molecule has 0 aliphatic heterocycles. The van der Waals surface area contributed by atoms with Crippen molar-refractivity contribution in [3.63, 3.8) is 0 Å². The van der Waals surface area contributed by atoms with Crippen LogP contribution >= 0.6 is 0 Å². The quantitative estimate of drug-likeness (QED) is 0.796. The summed E-state index contributed by atoms with van der Waals surface area (Å²) in [7, 11) is 0. The molecule has 1 heterocycles. The van der Waals surface area contributed by atoms with Gasteiger partial charge in [-0.25, -0.2) is 0 Å². The summed E-state index contributed by atoms with van der Waals surface area (Å²) >= 11 is 0. The van der Waals surface area contributed by atoms with Crippen LogP contribution in [0.4, 0.5) is 8.78 Å². The highest BCUT2D eigenvalue weighted by Gasteiger charge is 2.19. The number of amides is 1. The Morgan fingerprint density at radius 2 is 1.93 bits per heavy atom. The second kappa shape index (κ2) is 9.78. The molecule has 0 spiro atoms. The molecular weight excluding hydrogens is 366 g/mol. The predicted octanol–water partition coefficient (Wildman–Crippen LogP) is 4.29. The molecule has 2 aromatic rings. The number of pyridine rings is 1. The van der Waals surface area contributed by atoms with Crippen LogP contribution < -0.4 is 10.1 Å². The number of hydrogen-bond acceptors (Lipinski definition) is 4. The molecule has 0 bridgehead atoms. The maximum absolute atomic E-state index is 12.3. The lowest BCUT2D eigenvalue weighted by Crippen LogP contribution is -2.36. The van der Waals surface area contributed by atoms with Gasteiger partial charge in [0.25, 0.3) is 5.91 Å². The number of ether oxygens (including phenoxy) is 1. The van der Waals surface area contributed by atoms with Crippen LogP contribution in [0, 0.1) is 5.92 Å². The fraction of sp³-hybridized carbons (Fsp3) is 0.524. The van der Waals surface area contributed by atoms with Crippen molar-refractivity contribution in [1.29, 1.82) is 0 Å². The molecule has 4 rings (SSSR count). The van der Waals surface area contributed by atoms with E-state index in [4.69, 9.17) is 5.11 Å². The first-order valence-electron chi connectivity index (χ1n) is 9.81. The lowest BCUT2D eigenvalue weighted by molar-refractivity contribution is -0.0497. The number of aromatic nitrogens is 1. The number of aliphatic hydroxyl groups excluding tert-OH is 1. The first kappa shape index (κ1) is 20.5. The molecule has 2 aliphatic carbocycles. The average Bonchev–Trinajstić information content (AvgIpc) is 3.53. The number of benzene rings is 1. The van der Waals surface area contributed by atoms with E-state index in [-0.39, 0.29) is 17.7 Å². The minimum atomic E-state index is -2.87. The molecule has 28 heavy (non-hydrogen) atoms. The number of carbonyl (C=O) groups is 1. The van der Waals surface area contributed by atoms with Gasteiger partial charge in [0.1, 0.15) is 5.75 Å². The fourth-order valence-corrected chi connectivity index (χ4v) is 3.22. The van der Waals surface area contributed by atoms with Gasteiger partial charge >= 0.3 is 6.61 Å². The van der Waals surface area contributed by atoms with Crippen LogP contribution in [0.15, 0.2) is 30.5 Å². The van der Waals surface area contributed by atoms with Crippen LogP contribution in [-0.4, -0.2) is 35.3 Å². The molecule has 0 atom stereocenters. The number of fused-ring (bicyclic) bond motifs is 1. The first-order valence-corrected chi connectivity index (χ1v) is 9.81. The number of hydrogen-bond donors (Lipinski definition) is 2. The van der Waals surface area contributed by atoms with Crippen molar-refractivity contribution in [2.45, 2.75) is 57.6 Å². The highest BCUT2D eigenvalue weighted by Crippen LogP contribution is 2.27. The molecule has 7 heteroatoms. The molecule has 2 N–H and O–H groups in total. The van der Waals surface area contributed by atoms with Crippen LogP contribution in [-0.2, 0) is 0 Å². The number of carbonyl (C=O) groups excluding carboxylic acids is 1. The number of alkyl halides is 2. The third-order valence-electron chi connectivity index (χ3n) is 5.04. The number of nitrogens with one attached hydrogen (secondary N) is 1. The molecule has 0 unspecified atom stereocenters. The van der Waals surface area contributed by atoms with Gasteiger partial charge in [-0.3, -0.25) is 9.78 Å². The van der Waals surface area contributed by atoms with Crippen molar-refractivity contribution in [1.82, 2.24) is 10.3 Å². The van der Waals surface area contributed by atoms with Crippen LogP contribution in [0.25, 0.3) is 10.9 Å². The average molecular weight is 392 g/mol. The molecule has 5 nitrogen and oxygen atoms in total. The Labute approximate surface area is 163 Å². The molecule has 2 saturated carbocycles. The van der Waals surface area contributed by atoms with E-state index in [1.807, 2.05) is 0 Å². The monoisotopic (exact) mass is 392 g/mol. The molecule has 2 fully saturated rings. The summed E-state index contributed by atoms with van der Waals surface area (Å²) in [5, 5.41) is 12.0. The zero-order valence-corrected chi connectivity index (χ0v) is 15.7. The molecule has 1 aromatic carbocycles. The topological polar surface area (TPSA) is 71.5 Å². The maximum atomic E-state index is 12.3. The predicted molar refractivity (Wildman–Crippen MR) is 103 cm³/mol. The third-order valence-corrected chi connectivity index (χ3v) is 5.04. The Balaban J connectivity index is 0.000000391. The van der Waals surface area contributed by atoms with Gasteiger partial charge < -0.3 is 15.2 Å². The first-order chi connectivity index (χ1) is 13.5. The van der Waals surface area contributed by atoms with Crippen molar-refractivity contribution in [3.8, 4) is 5.75 Å². The SMILES string of the molecule is O=C(NC1CCCCC1)c1cnc2cc(OC(F)F)ccc2c1.OCC1CC1. The van der Waals surface area contributed by atoms with Crippen molar-refractivity contribution >= 4 is 16.8 Å². The van der Waals surface area contributed by atoms with Crippen LogP contribution in [0.2, 0.25) is 0 Å². The van der Waals surface area contributed by atoms with E-state index < -0.39 is 6.61 Å². The summed E-state index contributed by atoms with van der Waals surface area (Å²) in [4.78, 5) is 16.5. The van der Waals surface area contributed by atoms with Gasteiger partial charge in [-0.2, -0.15) is 8.78 Å². The van der Waals surface area contributed by atoms with Crippen molar-refractivity contribution in [2.75, 3.05) is 6.61 Å². The van der Waals surface area contributed by atoms with E-state index in [0.29, 0.717) is 29.0 Å². The van der Waals surface area contributed by atoms with Gasteiger partial charge in [0.2, 0.25) is 0 Å². The summed E-state index contributed by atoms with van der Waals surface area (Å²) in [6, 6.07) is 6.45. The number of aliphatic hydroxyl groups is 1. The van der Waals surface area contributed by atoms with Crippen LogP contribution in [0.5, 0.6) is 5.75 Å². The Bertz CT molecular complexity index is 790. The van der Waals surface area contributed by atoms with Crippen LogP contribution in [0.1, 0.15) is 55.3 Å².